The lowest BCUT2D eigenvalue weighted by Gasteiger charge is -2.67. The Morgan fingerprint density at radius 3 is 2.73 bits per heavy atom. The van der Waals surface area contributed by atoms with Crippen LogP contribution in [0.25, 0.3) is 0 Å². The number of carboxylic acid groups (broad SMARTS) is 1. The van der Waals surface area contributed by atoms with Crippen molar-refractivity contribution in [1.82, 2.24) is 9.88 Å². The number of fused-ring (bicyclic) bond motifs is 1. The molecule has 0 saturated carbocycles. The molecule has 0 spiro atoms. The maximum absolute atomic E-state index is 11.7. The first kappa shape index (κ1) is 15.4. The Labute approximate surface area is 135 Å². The zero-order valence-electron chi connectivity index (χ0n) is 13.2. The molecule has 0 aromatic carbocycles. The van der Waals surface area contributed by atoms with Crippen LogP contribution in [0.4, 0.5) is 10.5 Å². The third kappa shape index (κ3) is 2.14. The molecule has 2 fully saturated rings. The van der Waals surface area contributed by atoms with Gasteiger partial charge in [0.2, 0.25) is 0 Å². The normalized spacial score (nSPS) is 28.1. The van der Waals surface area contributed by atoms with Crippen LogP contribution >= 0.6 is 11.6 Å². The van der Waals surface area contributed by atoms with E-state index in [4.69, 9.17) is 11.6 Å². The lowest BCUT2D eigenvalue weighted by molar-refractivity contribution is -0.132. The first-order valence-corrected chi connectivity index (χ1v) is 8.00. The zero-order chi connectivity index (χ0) is 16.1. The number of likely N-dealkylation sites (tertiary alicyclic amines) is 1. The molecule has 1 N–H and O–H groups in total. The predicted octanol–water partition coefficient (Wildman–Crippen LogP) is 3.34. The van der Waals surface area contributed by atoms with Crippen molar-refractivity contribution in [3.05, 3.63) is 23.5 Å². The van der Waals surface area contributed by atoms with Gasteiger partial charge in [-0.25, -0.2) is 9.78 Å². The van der Waals surface area contributed by atoms with Gasteiger partial charge < -0.3 is 10.0 Å². The lowest BCUT2D eigenvalue weighted by Crippen LogP contribution is -2.79. The summed E-state index contributed by atoms with van der Waals surface area (Å²) in [5, 5.41) is 10.0. The van der Waals surface area contributed by atoms with E-state index in [2.05, 4.69) is 30.7 Å². The second-order valence-electron chi connectivity index (χ2n) is 7.31. The molecule has 120 valence electrons. The van der Waals surface area contributed by atoms with Crippen molar-refractivity contribution in [2.24, 2.45) is 11.3 Å². The number of rotatable bonds is 1. The highest BCUT2D eigenvalue weighted by atomic mass is 35.5. The molecule has 3 rings (SSSR count). The van der Waals surface area contributed by atoms with E-state index in [1.807, 2.05) is 6.07 Å². The van der Waals surface area contributed by atoms with Gasteiger partial charge in [-0.3, -0.25) is 4.90 Å². The standard InChI is InChI=1S/C16H22ClN3O2/c1-15(2,3)16-10-19(12-4-5-13(17)18-8-12)7-6-11(16)9-20(16)14(21)22/h4-5,8,11H,6-7,9-10H2,1-3H3,(H,21,22)/t11-,16+/m0/s1. The van der Waals surface area contributed by atoms with Gasteiger partial charge in [0.1, 0.15) is 5.15 Å². The van der Waals surface area contributed by atoms with Crippen molar-refractivity contribution >= 4 is 23.4 Å². The zero-order valence-corrected chi connectivity index (χ0v) is 14.0. The van der Waals surface area contributed by atoms with Gasteiger partial charge in [-0.1, -0.05) is 32.4 Å². The van der Waals surface area contributed by atoms with Gasteiger partial charge in [-0.15, -0.1) is 0 Å². The topological polar surface area (TPSA) is 56.7 Å². The quantitative estimate of drug-likeness (QED) is 0.805. The Hall–Kier alpha value is -1.49. The van der Waals surface area contributed by atoms with E-state index in [0.29, 0.717) is 24.2 Å². The summed E-state index contributed by atoms with van der Waals surface area (Å²) in [6.07, 6.45) is 1.95. The Kier molecular flexibility index (Phi) is 3.51. The fourth-order valence-corrected chi connectivity index (χ4v) is 4.26. The average molecular weight is 324 g/mol. The number of halogens is 1. The van der Waals surface area contributed by atoms with Crippen LogP contribution in [0.2, 0.25) is 5.15 Å². The van der Waals surface area contributed by atoms with Crippen LogP contribution in [0.3, 0.4) is 0 Å². The Bertz CT molecular complexity index is 584. The fourth-order valence-electron chi connectivity index (χ4n) is 4.15. The predicted molar refractivity (Wildman–Crippen MR) is 86.5 cm³/mol. The number of amides is 1. The summed E-state index contributed by atoms with van der Waals surface area (Å²) < 4.78 is 0. The van der Waals surface area contributed by atoms with E-state index < -0.39 is 6.09 Å². The summed E-state index contributed by atoms with van der Waals surface area (Å²) in [6, 6.07) is 3.73. The van der Waals surface area contributed by atoms with Crippen LogP contribution in [0.1, 0.15) is 27.2 Å². The summed E-state index contributed by atoms with van der Waals surface area (Å²) in [7, 11) is 0. The Morgan fingerprint density at radius 1 is 1.45 bits per heavy atom. The van der Waals surface area contributed by atoms with Crippen molar-refractivity contribution in [3.63, 3.8) is 0 Å². The average Bonchev–Trinajstić information content (AvgIpc) is 2.39. The van der Waals surface area contributed by atoms with Gasteiger partial charge >= 0.3 is 6.09 Å². The van der Waals surface area contributed by atoms with Crippen LogP contribution in [0.15, 0.2) is 18.3 Å². The van der Waals surface area contributed by atoms with Crippen LogP contribution in [0.5, 0.6) is 0 Å². The fraction of sp³-hybridized carbons (Fsp3) is 0.625. The van der Waals surface area contributed by atoms with E-state index >= 15 is 0 Å². The summed E-state index contributed by atoms with van der Waals surface area (Å²) in [5.41, 5.74) is 0.549. The van der Waals surface area contributed by atoms with Gasteiger partial charge in [0.05, 0.1) is 17.4 Å². The van der Waals surface area contributed by atoms with Crippen LogP contribution in [-0.4, -0.2) is 46.3 Å². The minimum Gasteiger partial charge on any atom is -0.465 e. The maximum Gasteiger partial charge on any atom is 0.407 e. The first-order valence-electron chi connectivity index (χ1n) is 7.63. The molecule has 0 unspecified atom stereocenters. The number of hydrogen-bond acceptors (Lipinski definition) is 3. The van der Waals surface area contributed by atoms with Gasteiger partial charge in [0.15, 0.2) is 0 Å². The number of aromatic nitrogens is 1. The molecule has 2 saturated heterocycles. The van der Waals surface area contributed by atoms with E-state index in [0.717, 1.165) is 18.7 Å². The SMILES string of the molecule is CC(C)(C)[C@@]12CN(c3ccc(Cl)nc3)CC[C@H]1CN2C(=O)O. The molecule has 0 bridgehead atoms. The number of anilines is 1. The van der Waals surface area contributed by atoms with Crippen LogP contribution in [0, 0.1) is 11.3 Å². The van der Waals surface area contributed by atoms with Gasteiger partial charge in [-0.2, -0.15) is 0 Å². The highest BCUT2D eigenvalue weighted by molar-refractivity contribution is 6.29. The van der Waals surface area contributed by atoms with Crippen LogP contribution < -0.4 is 4.90 Å². The summed E-state index contributed by atoms with van der Waals surface area (Å²) in [6.45, 7) is 8.70. The number of pyridine rings is 1. The van der Waals surface area contributed by atoms with Crippen molar-refractivity contribution in [2.45, 2.75) is 32.7 Å². The summed E-state index contributed by atoms with van der Waals surface area (Å²) in [5.74, 6) is 0.431. The van der Waals surface area contributed by atoms with E-state index in [1.165, 1.54) is 0 Å². The highest BCUT2D eigenvalue weighted by Crippen LogP contribution is 2.53. The number of carbonyl (C=O) groups is 1. The van der Waals surface area contributed by atoms with Crippen molar-refractivity contribution in [1.29, 1.82) is 0 Å². The minimum absolute atomic E-state index is 0.118. The molecule has 0 aliphatic carbocycles. The molecule has 1 aromatic rings. The highest BCUT2D eigenvalue weighted by Gasteiger charge is 2.63. The molecule has 3 heterocycles. The number of piperidine rings is 1. The van der Waals surface area contributed by atoms with Crippen molar-refractivity contribution < 1.29 is 9.90 Å². The lowest BCUT2D eigenvalue weighted by atomic mass is 9.57. The molecule has 2 aliphatic rings. The van der Waals surface area contributed by atoms with Crippen LogP contribution in [-0.2, 0) is 0 Å². The van der Waals surface area contributed by atoms with Gasteiger partial charge in [0, 0.05) is 25.6 Å². The van der Waals surface area contributed by atoms with Gasteiger partial charge in [0.25, 0.3) is 0 Å². The molecule has 6 heteroatoms. The third-order valence-electron chi connectivity index (χ3n) is 5.35. The van der Waals surface area contributed by atoms with Crippen molar-refractivity contribution in [2.75, 3.05) is 24.5 Å². The number of nitrogens with zero attached hydrogens (tertiary/aromatic N) is 3. The minimum atomic E-state index is -0.817. The maximum atomic E-state index is 11.7. The largest absolute Gasteiger partial charge is 0.465 e. The van der Waals surface area contributed by atoms with Crippen molar-refractivity contribution in [3.8, 4) is 0 Å². The smallest absolute Gasteiger partial charge is 0.407 e. The van der Waals surface area contributed by atoms with Gasteiger partial charge in [-0.05, 0) is 24.0 Å². The monoisotopic (exact) mass is 323 g/mol. The molecule has 5 nitrogen and oxygen atoms in total. The molecular formula is C16H22ClN3O2. The Balaban J connectivity index is 1.93. The summed E-state index contributed by atoms with van der Waals surface area (Å²) in [4.78, 5) is 19.7. The van der Waals surface area contributed by atoms with E-state index in [1.54, 1.807) is 17.2 Å². The molecule has 1 aromatic heterocycles. The first-order chi connectivity index (χ1) is 10.3. The second kappa shape index (κ2) is 5.01. The third-order valence-corrected chi connectivity index (χ3v) is 5.57. The summed E-state index contributed by atoms with van der Waals surface area (Å²) >= 11 is 5.86. The Morgan fingerprint density at radius 2 is 2.18 bits per heavy atom. The second-order valence-corrected chi connectivity index (χ2v) is 7.70. The van der Waals surface area contributed by atoms with E-state index in [9.17, 15) is 9.90 Å². The molecule has 22 heavy (non-hydrogen) atoms. The molecule has 2 atom stereocenters. The molecular weight excluding hydrogens is 302 g/mol. The molecule has 1 amide bonds. The molecule has 2 aliphatic heterocycles. The molecule has 0 radical (unpaired) electrons. The number of hydrogen-bond donors (Lipinski definition) is 1. The van der Waals surface area contributed by atoms with E-state index in [-0.39, 0.29) is 11.0 Å².